The molecule has 7 heteroatoms. The molecule has 0 atom stereocenters. The topological polar surface area (TPSA) is 84.2 Å². The van der Waals surface area contributed by atoms with Gasteiger partial charge in [-0.3, -0.25) is 4.79 Å². The van der Waals surface area contributed by atoms with Crippen molar-refractivity contribution in [3.8, 4) is 0 Å². The van der Waals surface area contributed by atoms with Crippen LogP contribution in [0, 0.1) is 5.82 Å². The van der Waals surface area contributed by atoms with E-state index in [4.69, 9.17) is 5.73 Å². The summed E-state index contributed by atoms with van der Waals surface area (Å²) in [6, 6.07) is 5.08. The van der Waals surface area contributed by atoms with Gasteiger partial charge in [0, 0.05) is 12.2 Å². The van der Waals surface area contributed by atoms with Crippen LogP contribution in [0.5, 0.6) is 0 Å². The minimum atomic E-state index is -1.06. The zero-order valence-electron chi connectivity index (χ0n) is 12.1. The van der Waals surface area contributed by atoms with Crippen LogP contribution in [0.1, 0.15) is 25.7 Å². The maximum absolute atomic E-state index is 12.7. The Balaban J connectivity index is 2.09. The molecule has 120 valence electrons. The van der Waals surface area contributed by atoms with Crippen molar-refractivity contribution in [2.24, 2.45) is 5.73 Å². The van der Waals surface area contributed by atoms with Gasteiger partial charge >= 0.3 is 6.03 Å². The summed E-state index contributed by atoms with van der Waals surface area (Å²) in [7, 11) is 0. The summed E-state index contributed by atoms with van der Waals surface area (Å²) in [4.78, 5) is 21.9. The Hall–Kier alpha value is -2.44. The SMILES string of the molecule is NC(=O)/C(F)=C/CCCCCNC(=O)Nc1ccc(F)cc1. The number of urea groups is 1. The number of nitrogens with one attached hydrogen (secondary N) is 2. The van der Waals surface area contributed by atoms with Crippen molar-refractivity contribution < 1.29 is 18.4 Å². The van der Waals surface area contributed by atoms with Gasteiger partial charge in [-0.2, -0.15) is 0 Å². The Bertz CT molecular complexity index is 530. The maximum Gasteiger partial charge on any atom is 0.319 e. The van der Waals surface area contributed by atoms with Crippen LogP contribution in [-0.4, -0.2) is 18.5 Å². The third kappa shape index (κ3) is 7.37. The van der Waals surface area contributed by atoms with E-state index >= 15 is 0 Å². The fraction of sp³-hybridized carbons (Fsp3) is 0.333. The smallest absolute Gasteiger partial charge is 0.319 e. The summed E-state index contributed by atoms with van der Waals surface area (Å²) in [5.41, 5.74) is 5.25. The highest BCUT2D eigenvalue weighted by Gasteiger charge is 2.02. The van der Waals surface area contributed by atoms with Gasteiger partial charge in [-0.25, -0.2) is 13.6 Å². The molecule has 1 aromatic rings. The van der Waals surface area contributed by atoms with Crippen molar-refractivity contribution in [3.05, 3.63) is 42.0 Å². The molecule has 0 heterocycles. The first-order valence-corrected chi connectivity index (χ1v) is 6.95. The van der Waals surface area contributed by atoms with Crippen LogP contribution in [0.2, 0.25) is 0 Å². The van der Waals surface area contributed by atoms with E-state index in [2.05, 4.69) is 10.6 Å². The van der Waals surface area contributed by atoms with Gasteiger partial charge in [0.05, 0.1) is 0 Å². The van der Waals surface area contributed by atoms with E-state index in [1.165, 1.54) is 24.3 Å². The summed E-state index contributed by atoms with van der Waals surface area (Å²) < 4.78 is 25.4. The molecule has 0 aliphatic carbocycles. The monoisotopic (exact) mass is 311 g/mol. The normalized spacial score (nSPS) is 11.1. The van der Waals surface area contributed by atoms with E-state index in [1.807, 2.05) is 0 Å². The van der Waals surface area contributed by atoms with Gasteiger partial charge in [0.1, 0.15) is 5.82 Å². The molecule has 0 unspecified atom stereocenters. The summed E-state index contributed by atoms with van der Waals surface area (Å²) in [6.07, 6.45) is 3.79. The van der Waals surface area contributed by atoms with Gasteiger partial charge in [-0.1, -0.05) is 6.42 Å². The van der Waals surface area contributed by atoms with E-state index in [-0.39, 0.29) is 11.8 Å². The van der Waals surface area contributed by atoms with Crippen molar-refractivity contribution >= 4 is 17.6 Å². The highest BCUT2D eigenvalue weighted by atomic mass is 19.1. The molecule has 22 heavy (non-hydrogen) atoms. The number of hydrogen-bond acceptors (Lipinski definition) is 2. The van der Waals surface area contributed by atoms with E-state index in [1.54, 1.807) is 0 Å². The lowest BCUT2D eigenvalue weighted by Gasteiger charge is -2.07. The first-order chi connectivity index (χ1) is 10.5. The molecule has 1 aromatic carbocycles. The summed E-state index contributed by atoms with van der Waals surface area (Å²) in [5.74, 6) is -2.34. The number of carbonyl (C=O) groups excluding carboxylic acids is 2. The van der Waals surface area contributed by atoms with Crippen molar-refractivity contribution in [2.45, 2.75) is 25.7 Å². The van der Waals surface area contributed by atoms with E-state index < -0.39 is 11.7 Å². The van der Waals surface area contributed by atoms with Gasteiger partial charge in [0.15, 0.2) is 5.83 Å². The molecule has 0 fully saturated rings. The number of carbonyl (C=O) groups is 2. The minimum Gasteiger partial charge on any atom is -0.364 e. The van der Waals surface area contributed by atoms with Crippen molar-refractivity contribution in [3.63, 3.8) is 0 Å². The molecule has 0 aliphatic heterocycles. The number of amides is 3. The van der Waals surface area contributed by atoms with Gasteiger partial charge in [-0.15, -0.1) is 0 Å². The first-order valence-electron chi connectivity index (χ1n) is 6.95. The second-order valence-electron chi connectivity index (χ2n) is 4.65. The predicted molar refractivity (Wildman–Crippen MR) is 80.3 cm³/mol. The molecule has 0 spiro atoms. The summed E-state index contributed by atoms with van der Waals surface area (Å²) in [5, 5.41) is 5.23. The fourth-order valence-electron chi connectivity index (χ4n) is 1.69. The number of anilines is 1. The standard InChI is InChI=1S/C15H19F2N3O2/c16-11-6-8-12(9-7-11)20-15(22)19-10-4-2-1-3-5-13(17)14(18)21/h5-9H,1-4,10H2,(H2,18,21)(H2,19,20,22)/b13-5-. The number of hydrogen-bond donors (Lipinski definition) is 3. The lowest BCUT2D eigenvalue weighted by molar-refractivity contribution is -0.115. The Labute approximate surface area is 127 Å². The number of allylic oxidation sites excluding steroid dienone is 1. The number of benzene rings is 1. The zero-order valence-corrected chi connectivity index (χ0v) is 12.1. The van der Waals surface area contributed by atoms with Crippen LogP contribution in [0.4, 0.5) is 19.3 Å². The van der Waals surface area contributed by atoms with Crippen LogP contribution in [0.15, 0.2) is 36.2 Å². The second kappa shape index (κ2) is 9.49. The largest absolute Gasteiger partial charge is 0.364 e. The molecule has 0 aliphatic rings. The van der Waals surface area contributed by atoms with Gasteiger partial charge < -0.3 is 16.4 Å². The Kier molecular flexibility index (Phi) is 7.60. The van der Waals surface area contributed by atoms with Crippen LogP contribution in [0.3, 0.4) is 0 Å². The minimum absolute atomic E-state index is 0.368. The predicted octanol–water partition coefficient (Wildman–Crippen LogP) is 2.85. The quantitative estimate of drug-likeness (QED) is 0.509. The van der Waals surface area contributed by atoms with E-state index in [9.17, 15) is 18.4 Å². The first kappa shape index (κ1) is 17.6. The van der Waals surface area contributed by atoms with E-state index in [0.29, 0.717) is 25.1 Å². The van der Waals surface area contributed by atoms with Crippen molar-refractivity contribution in [1.82, 2.24) is 5.32 Å². The number of primary amides is 1. The third-order valence-corrected chi connectivity index (χ3v) is 2.83. The Morgan fingerprint density at radius 3 is 2.45 bits per heavy atom. The molecule has 0 saturated carbocycles. The number of nitrogens with two attached hydrogens (primary N) is 1. The molecule has 0 bridgehead atoms. The van der Waals surface area contributed by atoms with Crippen molar-refractivity contribution in [1.29, 1.82) is 0 Å². The molecule has 5 nitrogen and oxygen atoms in total. The summed E-state index contributed by atoms with van der Waals surface area (Å²) in [6.45, 7) is 0.467. The molecule has 0 aromatic heterocycles. The molecular formula is C15H19F2N3O2. The Morgan fingerprint density at radius 2 is 1.82 bits per heavy atom. The molecule has 0 radical (unpaired) electrons. The van der Waals surface area contributed by atoms with Crippen LogP contribution in [-0.2, 0) is 4.79 Å². The number of halogens is 2. The molecule has 0 saturated heterocycles. The van der Waals surface area contributed by atoms with Gasteiger partial charge in [0.2, 0.25) is 0 Å². The number of unbranched alkanes of at least 4 members (excludes halogenated alkanes) is 3. The second-order valence-corrected chi connectivity index (χ2v) is 4.65. The molecule has 4 N–H and O–H groups in total. The average Bonchev–Trinajstić information content (AvgIpc) is 2.48. The lowest BCUT2D eigenvalue weighted by atomic mass is 10.2. The molecule has 1 rings (SSSR count). The highest BCUT2D eigenvalue weighted by molar-refractivity contribution is 5.89. The maximum atomic E-state index is 12.7. The van der Waals surface area contributed by atoms with E-state index in [0.717, 1.165) is 18.9 Å². The van der Waals surface area contributed by atoms with Crippen molar-refractivity contribution in [2.75, 3.05) is 11.9 Å². The molecule has 3 amide bonds. The lowest BCUT2D eigenvalue weighted by Crippen LogP contribution is -2.29. The highest BCUT2D eigenvalue weighted by Crippen LogP contribution is 2.08. The Morgan fingerprint density at radius 1 is 1.14 bits per heavy atom. The van der Waals surface area contributed by atoms with Crippen LogP contribution in [0.25, 0.3) is 0 Å². The average molecular weight is 311 g/mol. The molecular weight excluding hydrogens is 292 g/mol. The summed E-state index contributed by atoms with van der Waals surface area (Å²) >= 11 is 0. The zero-order chi connectivity index (χ0) is 16.4. The third-order valence-electron chi connectivity index (χ3n) is 2.83. The van der Waals surface area contributed by atoms with Gasteiger partial charge in [-0.05, 0) is 49.6 Å². The number of rotatable bonds is 8. The van der Waals surface area contributed by atoms with Crippen LogP contribution < -0.4 is 16.4 Å². The van der Waals surface area contributed by atoms with Gasteiger partial charge in [0.25, 0.3) is 5.91 Å². The fourth-order valence-corrected chi connectivity index (χ4v) is 1.69. The van der Waals surface area contributed by atoms with Crippen LogP contribution >= 0.6 is 0 Å².